The Morgan fingerprint density at radius 1 is 1.35 bits per heavy atom. The molecule has 0 saturated carbocycles. The lowest BCUT2D eigenvalue weighted by atomic mass is 10.1. The second kappa shape index (κ2) is 7.81. The lowest BCUT2D eigenvalue weighted by Gasteiger charge is -2.07. The second-order valence-corrected chi connectivity index (χ2v) is 3.79. The molecule has 0 aliphatic rings. The summed E-state index contributed by atoms with van der Waals surface area (Å²) in [5.41, 5.74) is 2.17. The van der Waals surface area contributed by atoms with Crippen molar-refractivity contribution in [3.8, 4) is 0 Å². The lowest BCUT2D eigenvalue weighted by molar-refractivity contribution is -0.120. The van der Waals surface area contributed by atoms with Crippen LogP contribution in [-0.2, 0) is 16.0 Å². The first-order valence-electron chi connectivity index (χ1n) is 5.74. The number of ether oxygens (including phenoxy) is 1. The van der Waals surface area contributed by atoms with Gasteiger partial charge in [0.05, 0.1) is 26.2 Å². The molecule has 0 radical (unpaired) electrons. The standard InChI is InChI=1S/C13H19NO3/c1-11-4-2-3-5-12(11)10-13(16)14-6-8-17-9-7-15/h2-5,15H,6-10H2,1H3,(H,14,16). The molecule has 0 bridgehead atoms. The Hall–Kier alpha value is -1.39. The van der Waals surface area contributed by atoms with E-state index < -0.39 is 0 Å². The van der Waals surface area contributed by atoms with Crippen LogP contribution in [0.25, 0.3) is 0 Å². The molecule has 94 valence electrons. The maximum absolute atomic E-state index is 11.6. The molecule has 0 unspecified atom stereocenters. The van der Waals surface area contributed by atoms with Gasteiger partial charge in [0.1, 0.15) is 0 Å². The number of aryl methyl sites for hydroxylation is 1. The number of carbonyl (C=O) groups excluding carboxylic acids is 1. The molecule has 0 aliphatic heterocycles. The monoisotopic (exact) mass is 237 g/mol. The predicted octanol–water partition coefficient (Wildman–Crippen LogP) is 0.663. The first-order valence-corrected chi connectivity index (χ1v) is 5.74. The van der Waals surface area contributed by atoms with Crippen LogP contribution in [0.4, 0.5) is 0 Å². The van der Waals surface area contributed by atoms with E-state index >= 15 is 0 Å². The summed E-state index contributed by atoms with van der Waals surface area (Å²) in [6, 6.07) is 7.84. The van der Waals surface area contributed by atoms with Crippen molar-refractivity contribution >= 4 is 5.91 Å². The Bertz CT molecular complexity index is 352. The number of amides is 1. The Kier molecular flexibility index (Phi) is 6.29. The van der Waals surface area contributed by atoms with E-state index in [9.17, 15) is 4.79 Å². The van der Waals surface area contributed by atoms with Gasteiger partial charge < -0.3 is 15.2 Å². The van der Waals surface area contributed by atoms with E-state index in [1.165, 1.54) is 0 Å². The van der Waals surface area contributed by atoms with Crippen molar-refractivity contribution in [1.82, 2.24) is 5.32 Å². The normalized spacial score (nSPS) is 10.2. The molecule has 4 heteroatoms. The fourth-order valence-corrected chi connectivity index (χ4v) is 1.47. The van der Waals surface area contributed by atoms with E-state index in [0.717, 1.165) is 11.1 Å². The van der Waals surface area contributed by atoms with Gasteiger partial charge in [-0.3, -0.25) is 4.79 Å². The molecule has 1 amide bonds. The summed E-state index contributed by atoms with van der Waals surface area (Å²) in [6.45, 7) is 3.22. The molecule has 1 aromatic carbocycles. The van der Waals surface area contributed by atoms with E-state index in [1.54, 1.807) is 0 Å². The van der Waals surface area contributed by atoms with Gasteiger partial charge in [-0.15, -0.1) is 0 Å². The number of rotatable bonds is 7. The van der Waals surface area contributed by atoms with Gasteiger partial charge >= 0.3 is 0 Å². The smallest absolute Gasteiger partial charge is 0.224 e. The molecule has 1 rings (SSSR count). The highest BCUT2D eigenvalue weighted by Crippen LogP contribution is 2.07. The Morgan fingerprint density at radius 2 is 2.12 bits per heavy atom. The van der Waals surface area contributed by atoms with Crippen LogP contribution in [0.2, 0.25) is 0 Å². The number of aliphatic hydroxyl groups is 1. The maximum Gasteiger partial charge on any atom is 0.224 e. The van der Waals surface area contributed by atoms with Gasteiger partial charge in [-0.2, -0.15) is 0 Å². The summed E-state index contributed by atoms with van der Waals surface area (Å²) in [5.74, 6) is -0.00750. The molecule has 17 heavy (non-hydrogen) atoms. The van der Waals surface area contributed by atoms with Crippen LogP contribution in [0.1, 0.15) is 11.1 Å². The topological polar surface area (TPSA) is 58.6 Å². The fourth-order valence-electron chi connectivity index (χ4n) is 1.47. The zero-order valence-electron chi connectivity index (χ0n) is 10.1. The fraction of sp³-hybridized carbons (Fsp3) is 0.462. The predicted molar refractivity (Wildman–Crippen MR) is 65.8 cm³/mol. The summed E-state index contributed by atoms with van der Waals surface area (Å²) in [7, 11) is 0. The second-order valence-electron chi connectivity index (χ2n) is 3.79. The minimum Gasteiger partial charge on any atom is -0.394 e. The largest absolute Gasteiger partial charge is 0.394 e. The van der Waals surface area contributed by atoms with Crippen molar-refractivity contribution in [2.75, 3.05) is 26.4 Å². The van der Waals surface area contributed by atoms with E-state index in [2.05, 4.69) is 5.32 Å². The third-order valence-electron chi connectivity index (χ3n) is 2.42. The SMILES string of the molecule is Cc1ccccc1CC(=O)NCCOCCO. The highest BCUT2D eigenvalue weighted by molar-refractivity contribution is 5.78. The van der Waals surface area contributed by atoms with Crippen molar-refractivity contribution in [1.29, 1.82) is 0 Å². The van der Waals surface area contributed by atoms with Crippen molar-refractivity contribution in [2.45, 2.75) is 13.3 Å². The van der Waals surface area contributed by atoms with Gasteiger partial charge in [0, 0.05) is 6.54 Å². The highest BCUT2D eigenvalue weighted by atomic mass is 16.5. The summed E-state index contributed by atoms with van der Waals surface area (Å²) in [6.07, 6.45) is 0.396. The highest BCUT2D eigenvalue weighted by Gasteiger charge is 2.04. The van der Waals surface area contributed by atoms with Crippen molar-refractivity contribution in [3.05, 3.63) is 35.4 Å². The van der Waals surface area contributed by atoms with Crippen molar-refractivity contribution < 1.29 is 14.6 Å². The zero-order chi connectivity index (χ0) is 12.5. The summed E-state index contributed by atoms with van der Waals surface area (Å²) in [5, 5.41) is 11.3. The first kappa shape index (κ1) is 13.7. The van der Waals surface area contributed by atoms with Gasteiger partial charge in [-0.25, -0.2) is 0 Å². The van der Waals surface area contributed by atoms with Gasteiger partial charge in [0.15, 0.2) is 0 Å². The minimum atomic E-state index is -0.00750. The van der Waals surface area contributed by atoms with Gasteiger partial charge in [-0.05, 0) is 18.1 Å². The third kappa shape index (κ3) is 5.47. The van der Waals surface area contributed by atoms with E-state index in [-0.39, 0.29) is 12.5 Å². The first-order chi connectivity index (χ1) is 8.24. The zero-order valence-corrected chi connectivity index (χ0v) is 10.1. The lowest BCUT2D eigenvalue weighted by Crippen LogP contribution is -2.29. The summed E-state index contributed by atoms with van der Waals surface area (Å²) >= 11 is 0. The maximum atomic E-state index is 11.6. The molecule has 0 spiro atoms. The molecule has 0 saturated heterocycles. The molecule has 2 N–H and O–H groups in total. The number of benzene rings is 1. The Labute approximate surface area is 102 Å². The molecule has 0 fully saturated rings. The van der Waals surface area contributed by atoms with E-state index in [4.69, 9.17) is 9.84 Å². The average molecular weight is 237 g/mol. The number of carbonyl (C=O) groups is 1. The van der Waals surface area contributed by atoms with Crippen LogP contribution >= 0.6 is 0 Å². The summed E-state index contributed by atoms with van der Waals surface area (Å²) < 4.78 is 5.04. The van der Waals surface area contributed by atoms with Crippen molar-refractivity contribution in [2.24, 2.45) is 0 Å². The van der Waals surface area contributed by atoms with Crippen LogP contribution in [0.5, 0.6) is 0 Å². The molecule has 4 nitrogen and oxygen atoms in total. The molecule has 0 heterocycles. The molecular formula is C13H19NO3. The number of aliphatic hydroxyl groups excluding tert-OH is 1. The molecule has 1 aromatic rings. The molecule has 0 aromatic heterocycles. The van der Waals surface area contributed by atoms with E-state index in [1.807, 2.05) is 31.2 Å². The average Bonchev–Trinajstić information content (AvgIpc) is 2.32. The summed E-state index contributed by atoms with van der Waals surface area (Å²) in [4.78, 5) is 11.6. The van der Waals surface area contributed by atoms with Gasteiger partial charge in [0.2, 0.25) is 5.91 Å². The Morgan fingerprint density at radius 3 is 2.82 bits per heavy atom. The molecule has 0 atom stereocenters. The number of hydrogen-bond acceptors (Lipinski definition) is 3. The van der Waals surface area contributed by atoms with Crippen LogP contribution in [0, 0.1) is 6.92 Å². The van der Waals surface area contributed by atoms with Crippen LogP contribution in [0.3, 0.4) is 0 Å². The minimum absolute atomic E-state index is 0.00750. The quantitative estimate of drug-likeness (QED) is 0.685. The van der Waals surface area contributed by atoms with Crippen molar-refractivity contribution in [3.63, 3.8) is 0 Å². The third-order valence-corrected chi connectivity index (χ3v) is 2.42. The number of nitrogens with one attached hydrogen (secondary N) is 1. The molecular weight excluding hydrogens is 218 g/mol. The number of hydrogen-bond donors (Lipinski definition) is 2. The molecule has 0 aliphatic carbocycles. The van der Waals surface area contributed by atoms with Gasteiger partial charge in [0.25, 0.3) is 0 Å². The van der Waals surface area contributed by atoms with Crippen LogP contribution in [0.15, 0.2) is 24.3 Å². The van der Waals surface area contributed by atoms with Crippen LogP contribution in [-0.4, -0.2) is 37.4 Å². The van der Waals surface area contributed by atoms with Crippen LogP contribution < -0.4 is 5.32 Å². The van der Waals surface area contributed by atoms with Gasteiger partial charge in [-0.1, -0.05) is 24.3 Å². The Balaban J connectivity index is 2.23. The van der Waals surface area contributed by atoms with E-state index in [0.29, 0.717) is 26.2 Å².